The van der Waals surface area contributed by atoms with Gasteiger partial charge in [0.25, 0.3) is 0 Å². The molecule has 0 bridgehead atoms. The molecule has 0 aliphatic heterocycles. The number of methoxy groups -OCH3 is 1. The van der Waals surface area contributed by atoms with Crippen LogP contribution in [-0.4, -0.2) is 19.7 Å². The van der Waals surface area contributed by atoms with E-state index in [4.69, 9.17) is 9.47 Å². The topological polar surface area (TPSA) is 35.5 Å². The number of rotatable bonds is 9. The van der Waals surface area contributed by atoms with Crippen molar-refractivity contribution in [3.63, 3.8) is 0 Å². The van der Waals surface area contributed by atoms with Gasteiger partial charge in [-0.3, -0.25) is 0 Å². The quantitative estimate of drug-likeness (QED) is 0.497. The standard InChI is InChI=1S/C18H26O3/c1-4-6-15(5-2)13-14-21-18(19)12-9-16-7-10-17(20-3)11-8-16/h7-12,15H,4-6,13-14H2,1-3H3/b12-9+. The summed E-state index contributed by atoms with van der Waals surface area (Å²) in [4.78, 5) is 11.6. The van der Waals surface area contributed by atoms with Gasteiger partial charge >= 0.3 is 5.97 Å². The van der Waals surface area contributed by atoms with Crippen LogP contribution in [0.25, 0.3) is 6.08 Å². The fourth-order valence-corrected chi connectivity index (χ4v) is 2.21. The minimum atomic E-state index is -0.280. The molecule has 1 unspecified atom stereocenters. The highest BCUT2D eigenvalue weighted by Gasteiger charge is 2.06. The van der Waals surface area contributed by atoms with Crippen molar-refractivity contribution in [2.45, 2.75) is 39.5 Å². The zero-order valence-corrected chi connectivity index (χ0v) is 13.3. The SMILES string of the molecule is CCCC(CC)CCOC(=O)/C=C/c1ccc(OC)cc1. The molecule has 1 rings (SSSR count). The summed E-state index contributed by atoms with van der Waals surface area (Å²) in [5, 5.41) is 0. The Morgan fingerprint density at radius 2 is 1.90 bits per heavy atom. The zero-order valence-electron chi connectivity index (χ0n) is 13.3. The Hall–Kier alpha value is -1.77. The molecule has 0 radical (unpaired) electrons. The molecule has 0 saturated heterocycles. The molecular formula is C18H26O3. The van der Waals surface area contributed by atoms with Gasteiger partial charge in [0.15, 0.2) is 0 Å². The third kappa shape index (κ3) is 6.98. The van der Waals surface area contributed by atoms with Gasteiger partial charge in [-0.25, -0.2) is 4.79 Å². The van der Waals surface area contributed by atoms with Crippen molar-refractivity contribution in [3.8, 4) is 5.75 Å². The van der Waals surface area contributed by atoms with E-state index in [2.05, 4.69) is 13.8 Å². The van der Waals surface area contributed by atoms with E-state index in [9.17, 15) is 4.79 Å². The van der Waals surface area contributed by atoms with Gasteiger partial charge in [-0.15, -0.1) is 0 Å². The summed E-state index contributed by atoms with van der Waals surface area (Å²) in [6, 6.07) is 7.52. The Morgan fingerprint density at radius 3 is 2.48 bits per heavy atom. The fraction of sp³-hybridized carbons (Fsp3) is 0.500. The van der Waals surface area contributed by atoms with Crippen LogP contribution in [-0.2, 0) is 9.53 Å². The third-order valence-corrected chi connectivity index (χ3v) is 3.57. The van der Waals surface area contributed by atoms with Gasteiger partial charge in [-0.2, -0.15) is 0 Å². The molecule has 0 aromatic heterocycles. The molecule has 21 heavy (non-hydrogen) atoms. The summed E-state index contributed by atoms with van der Waals surface area (Å²) < 4.78 is 10.3. The molecule has 0 aliphatic rings. The smallest absolute Gasteiger partial charge is 0.330 e. The summed E-state index contributed by atoms with van der Waals surface area (Å²) in [5.41, 5.74) is 0.949. The van der Waals surface area contributed by atoms with Crippen LogP contribution < -0.4 is 4.74 Å². The summed E-state index contributed by atoms with van der Waals surface area (Å²) >= 11 is 0. The molecule has 1 aromatic rings. The molecule has 3 nitrogen and oxygen atoms in total. The summed E-state index contributed by atoms with van der Waals surface area (Å²) in [5.74, 6) is 1.18. The highest BCUT2D eigenvalue weighted by Crippen LogP contribution is 2.15. The number of esters is 1. The largest absolute Gasteiger partial charge is 0.497 e. The van der Waals surface area contributed by atoms with Crippen LogP contribution in [0.1, 0.15) is 45.1 Å². The molecule has 1 aromatic carbocycles. The van der Waals surface area contributed by atoms with Crippen molar-refractivity contribution in [2.75, 3.05) is 13.7 Å². The van der Waals surface area contributed by atoms with Crippen molar-refractivity contribution in [3.05, 3.63) is 35.9 Å². The van der Waals surface area contributed by atoms with Gasteiger partial charge in [0.05, 0.1) is 13.7 Å². The van der Waals surface area contributed by atoms with E-state index in [1.165, 1.54) is 18.9 Å². The van der Waals surface area contributed by atoms with E-state index in [1.807, 2.05) is 24.3 Å². The summed E-state index contributed by atoms with van der Waals surface area (Å²) in [6.07, 6.45) is 7.72. The lowest BCUT2D eigenvalue weighted by molar-refractivity contribution is -0.138. The fourth-order valence-electron chi connectivity index (χ4n) is 2.21. The van der Waals surface area contributed by atoms with Crippen LogP contribution in [0.2, 0.25) is 0 Å². The van der Waals surface area contributed by atoms with Crippen LogP contribution in [0.3, 0.4) is 0 Å². The lowest BCUT2D eigenvalue weighted by Crippen LogP contribution is -2.07. The van der Waals surface area contributed by atoms with Crippen molar-refractivity contribution in [1.29, 1.82) is 0 Å². The maximum absolute atomic E-state index is 11.6. The normalized spacial score (nSPS) is 12.3. The molecular weight excluding hydrogens is 264 g/mol. The predicted octanol–water partition coefficient (Wildman–Crippen LogP) is 4.47. The first-order valence-electron chi connectivity index (χ1n) is 7.68. The summed E-state index contributed by atoms with van der Waals surface area (Å²) in [6.45, 7) is 4.88. The molecule has 0 fully saturated rings. The van der Waals surface area contributed by atoms with Crippen LogP contribution in [0, 0.1) is 5.92 Å². The van der Waals surface area contributed by atoms with E-state index in [0.29, 0.717) is 12.5 Å². The first kappa shape index (κ1) is 17.3. The second kappa shape index (κ2) is 10.0. The highest BCUT2D eigenvalue weighted by molar-refractivity contribution is 5.87. The van der Waals surface area contributed by atoms with E-state index < -0.39 is 0 Å². The minimum absolute atomic E-state index is 0.280. The Morgan fingerprint density at radius 1 is 1.19 bits per heavy atom. The highest BCUT2D eigenvalue weighted by atomic mass is 16.5. The second-order valence-corrected chi connectivity index (χ2v) is 5.13. The third-order valence-electron chi connectivity index (χ3n) is 3.57. The monoisotopic (exact) mass is 290 g/mol. The van der Waals surface area contributed by atoms with Crippen molar-refractivity contribution < 1.29 is 14.3 Å². The van der Waals surface area contributed by atoms with Gasteiger partial charge in [0.1, 0.15) is 5.75 Å². The van der Waals surface area contributed by atoms with Crippen molar-refractivity contribution in [2.24, 2.45) is 5.92 Å². The maximum atomic E-state index is 11.6. The first-order chi connectivity index (χ1) is 10.2. The average molecular weight is 290 g/mol. The predicted molar refractivity (Wildman–Crippen MR) is 86.3 cm³/mol. The number of hydrogen-bond donors (Lipinski definition) is 0. The Bertz CT molecular complexity index is 434. The maximum Gasteiger partial charge on any atom is 0.330 e. The van der Waals surface area contributed by atoms with E-state index in [1.54, 1.807) is 13.2 Å². The van der Waals surface area contributed by atoms with Crippen molar-refractivity contribution in [1.82, 2.24) is 0 Å². The van der Waals surface area contributed by atoms with Crippen LogP contribution in [0.15, 0.2) is 30.3 Å². The van der Waals surface area contributed by atoms with E-state index >= 15 is 0 Å². The number of carbonyl (C=O) groups is 1. The number of carbonyl (C=O) groups excluding carboxylic acids is 1. The number of ether oxygens (including phenoxy) is 2. The molecule has 0 spiro atoms. The lowest BCUT2D eigenvalue weighted by atomic mass is 9.98. The Labute approximate surface area is 128 Å². The Balaban J connectivity index is 2.33. The average Bonchev–Trinajstić information content (AvgIpc) is 2.52. The zero-order chi connectivity index (χ0) is 15.5. The second-order valence-electron chi connectivity index (χ2n) is 5.13. The van der Waals surface area contributed by atoms with Crippen LogP contribution in [0.4, 0.5) is 0 Å². The first-order valence-corrected chi connectivity index (χ1v) is 7.68. The number of hydrogen-bond acceptors (Lipinski definition) is 3. The molecule has 0 aliphatic carbocycles. The molecule has 0 heterocycles. The van der Waals surface area contributed by atoms with Crippen LogP contribution >= 0.6 is 0 Å². The van der Waals surface area contributed by atoms with Gasteiger partial charge in [0, 0.05) is 6.08 Å². The molecule has 116 valence electrons. The van der Waals surface area contributed by atoms with Crippen molar-refractivity contribution >= 4 is 12.0 Å². The molecule has 0 saturated carbocycles. The van der Waals surface area contributed by atoms with Gasteiger partial charge in [0.2, 0.25) is 0 Å². The van der Waals surface area contributed by atoms with E-state index in [0.717, 1.165) is 24.2 Å². The minimum Gasteiger partial charge on any atom is -0.497 e. The lowest BCUT2D eigenvalue weighted by Gasteiger charge is -2.12. The molecule has 0 N–H and O–H groups in total. The molecule has 1 atom stereocenters. The van der Waals surface area contributed by atoms with Gasteiger partial charge in [-0.05, 0) is 36.1 Å². The van der Waals surface area contributed by atoms with E-state index in [-0.39, 0.29) is 5.97 Å². The number of benzene rings is 1. The van der Waals surface area contributed by atoms with Crippen LogP contribution in [0.5, 0.6) is 5.75 Å². The van der Waals surface area contributed by atoms with Gasteiger partial charge < -0.3 is 9.47 Å². The summed E-state index contributed by atoms with van der Waals surface area (Å²) in [7, 11) is 1.63. The van der Waals surface area contributed by atoms with Gasteiger partial charge in [-0.1, -0.05) is 45.2 Å². The molecule has 0 amide bonds. The Kier molecular flexibility index (Phi) is 8.25. The molecule has 3 heteroatoms.